The van der Waals surface area contributed by atoms with Gasteiger partial charge in [0.15, 0.2) is 0 Å². The van der Waals surface area contributed by atoms with Crippen LogP contribution >= 0.6 is 0 Å². The van der Waals surface area contributed by atoms with E-state index in [1.165, 1.54) is 0 Å². The average molecular weight is 477 g/mol. The predicted molar refractivity (Wildman–Crippen MR) is 144 cm³/mol. The number of hydrogen-bond acceptors (Lipinski definition) is 7. The number of anilines is 3. The average Bonchev–Trinajstić information content (AvgIpc) is 3.34. The predicted octanol–water partition coefficient (Wildman–Crippen LogP) is 4.66. The van der Waals surface area contributed by atoms with E-state index in [1.54, 1.807) is 0 Å². The number of nitrogens with zero attached hydrogens (tertiary/aromatic N) is 7. The van der Waals surface area contributed by atoms with Gasteiger partial charge in [0.1, 0.15) is 11.5 Å². The molecule has 4 aromatic heterocycles. The van der Waals surface area contributed by atoms with Crippen molar-refractivity contribution >= 4 is 23.1 Å². The highest BCUT2D eigenvalue weighted by molar-refractivity contribution is 5.69. The molecule has 8 nitrogen and oxygen atoms in total. The lowest BCUT2D eigenvalue weighted by Gasteiger charge is -2.33. The number of nitrogens with one attached hydrogen (secondary N) is 1. The van der Waals surface area contributed by atoms with Gasteiger partial charge in [-0.3, -0.25) is 4.40 Å². The van der Waals surface area contributed by atoms with Crippen LogP contribution in [-0.4, -0.2) is 62.5 Å². The molecule has 0 amide bonds. The summed E-state index contributed by atoms with van der Waals surface area (Å²) in [5.74, 6) is 1.53. The number of aromatic nitrogens is 5. The van der Waals surface area contributed by atoms with Crippen molar-refractivity contribution in [3.63, 3.8) is 0 Å². The van der Waals surface area contributed by atoms with Crippen molar-refractivity contribution in [2.75, 3.05) is 43.4 Å². The molecule has 1 aliphatic rings. The van der Waals surface area contributed by atoms with Crippen molar-refractivity contribution in [1.29, 1.82) is 0 Å². The first-order valence-electron chi connectivity index (χ1n) is 12.2. The van der Waals surface area contributed by atoms with Crippen LogP contribution in [0.1, 0.15) is 5.56 Å². The van der Waals surface area contributed by atoms with Gasteiger partial charge in [0, 0.05) is 38.6 Å². The summed E-state index contributed by atoms with van der Waals surface area (Å²) in [5.41, 5.74) is 6.76. The molecule has 0 unspecified atom stereocenters. The minimum atomic E-state index is 0.527. The SMILES string of the molecule is Cc1cnc(Nc2ccc(N3CCN(C)CC3)nc2)nc1-c1cnc2ccc(-c3ccccc3)cn12. The monoisotopic (exact) mass is 476 g/mol. The molecule has 1 fully saturated rings. The number of imidazole rings is 1. The van der Waals surface area contributed by atoms with Gasteiger partial charge in [0.25, 0.3) is 0 Å². The van der Waals surface area contributed by atoms with E-state index in [-0.39, 0.29) is 0 Å². The molecule has 1 N–H and O–H groups in total. The highest BCUT2D eigenvalue weighted by Gasteiger charge is 2.16. The minimum Gasteiger partial charge on any atom is -0.354 e. The van der Waals surface area contributed by atoms with Gasteiger partial charge in [-0.25, -0.2) is 19.9 Å². The fourth-order valence-corrected chi connectivity index (χ4v) is 4.53. The van der Waals surface area contributed by atoms with Crippen LogP contribution in [0, 0.1) is 6.92 Å². The number of fused-ring (bicyclic) bond motifs is 1. The van der Waals surface area contributed by atoms with Crippen LogP contribution in [-0.2, 0) is 0 Å². The van der Waals surface area contributed by atoms with Gasteiger partial charge in [-0.1, -0.05) is 30.3 Å². The van der Waals surface area contributed by atoms with Crippen molar-refractivity contribution in [3.05, 3.63) is 84.9 Å². The largest absolute Gasteiger partial charge is 0.354 e. The first kappa shape index (κ1) is 22.2. The molecule has 5 heterocycles. The zero-order chi connectivity index (χ0) is 24.5. The molecule has 1 saturated heterocycles. The van der Waals surface area contributed by atoms with Crippen LogP contribution in [0.4, 0.5) is 17.5 Å². The summed E-state index contributed by atoms with van der Waals surface area (Å²) < 4.78 is 2.09. The summed E-state index contributed by atoms with van der Waals surface area (Å²) >= 11 is 0. The van der Waals surface area contributed by atoms with Gasteiger partial charge in [-0.15, -0.1) is 0 Å². The standard InChI is InChI=1S/C28H28N8/c1-20-16-31-28(32-23-9-11-25(29-17-23)35-14-12-34(2)13-15-35)33-27(20)24-18-30-26-10-8-22(19-36(24)26)21-6-4-3-5-7-21/h3-11,16-19H,12-15H2,1-2H3,(H,31,32,33). The zero-order valence-electron chi connectivity index (χ0n) is 20.5. The second kappa shape index (κ2) is 9.39. The molecule has 8 heteroatoms. The highest BCUT2D eigenvalue weighted by Crippen LogP contribution is 2.27. The molecule has 0 saturated carbocycles. The Morgan fingerprint density at radius 2 is 1.61 bits per heavy atom. The van der Waals surface area contributed by atoms with Crippen molar-refractivity contribution < 1.29 is 0 Å². The molecule has 0 aliphatic carbocycles. The Morgan fingerprint density at radius 3 is 2.39 bits per heavy atom. The summed E-state index contributed by atoms with van der Waals surface area (Å²) in [6, 6.07) is 18.6. The summed E-state index contributed by atoms with van der Waals surface area (Å²) in [4.78, 5) is 23.3. The Labute approximate surface area is 210 Å². The van der Waals surface area contributed by atoms with Crippen molar-refractivity contribution in [2.45, 2.75) is 6.92 Å². The van der Waals surface area contributed by atoms with E-state index in [4.69, 9.17) is 4.98 Å². The molecule has 36 heavy (non-hydrogen) atoms. The van der Waals surface area contributed by atoms with Crippen LogP contribution in [0.25, 0.3) is 28.2 Å². The Morgan fingerprint density at radius 1 is 0.778 bits per heavy atom. The van der Waals surface area contributed by atoms with Crippen LogP contribution in [0.5, 0.6) is 0 Å². The maximum absolute atomic E-state index is 4.86. The number of rotatable bonds is 5. The Hall–Kier alpha value is -4.30. The Kier molecular flexibility index (Phi) is 5.79. The Bertz CT molecular complexity index is 1490. The van der Waals surface area contributed by atoms with E-state index < -0.39 is 0 Å². The summed E-state index contributed by atoms with van der Waals surface area (Å²) in [5, 5.41) is 3.31. The topological polar surface area (TPSA) is 74.5 Å². The Balaban J connectivity index is 1.27. The minimum absolute atomic E-state index is 0.527. The maximum Gasteiger partial charge on any atom is 0.227 e. The molecule has 5 aromatic rings. The van der Waals surface area contributed by atoms with Gasteiger partial charge in [0.05, 0.1) is 29.5 Å². The second-order valence-electron chi connectivity index (χ2n) is 9.20. The maximum atomic E-state index is 4.86. The van der Waals surface area contributed by atoms with Crippen molar-refractivity contribution in [3.8, 4) is 22.5 Å². The van der Waals surface area contributed by atoms with E-state index in [0.29, 0.717) is 5.95 Å². The van der Waals surface area contributed by atoms with Crippen LogP contribution in [0.2, 0.25) is 0 Å². The smallest absolute Gasteiger partial charge is 0.227 e. The highest BCUT2D eigenvalue weighted by atomic mass is 15.3. The third-order valence-electron chi connectivity index (χ3n) is 6.66. The molecule has 1 aliphatic heterocycles. The molecular weight excluding hydrogens is 448 g/mol. The lowest BCUT2D eigenvalue weighted by Crippen LogP contribution is -2.44. The van der Waals surface area contributed by atoms with E-state index in [1.807, 2.05) is 55.8 Å². The lowest BCUT2D eigenvalue weighted by atomic mass is 10.1. The van der Waals surface area contributed by atoms with E-state index in [9.17, 15) is 0 Å². The molecule has 0 bridgehead atoms. The number of aryl methyl sites for hydroxylation is 1. The van der Waals surface area contributed by atoms with Crippen molar-refractivity contribution in [2.24, 2.45) is 0 Å². The number of likely N-dealkylation sites (N-methyl/N-ethyl adjacent to an activating group) is 1. The number of hydrogen-bond donors (Lipinski definition) is 1. The molecule has 1 aromatic carbocycles. The summed E-state index contributed by atoms with van der Waals surface area (Å²) in [6.45, 7) is 6.11. The van der Waals surface area contributed by atoms with Gasteiger partial charge in [-0.2, -0.15) is 0 Å². The van der Waals surface area contributed by atoms with Crippen LogP contribution in [0.15, 0.2) is 79.4 Å². The first-order valence-corrected chi connectivity index (χ1v) is 12.2. The van der Waals surface area contributed by atoms with Crippen LogP contribution in [0.3, 0.4) is 0 Å². The van der Waals surface area contributed by atoms with Gasteiger partial charge >= 0.3 is 0 Å². The normalized spacial score (nSPS) is 14.3. The number of benzene rings is 1. The molecule has 0 spiro atoms. The van der Waals surface area contributed by atoms with Gasteiger partial charge < -0.3 is 15.1 Å². The third kappa shape index (κ3) is 4.38. The summed E-state index contributed by atoms with van der Waals surface area (Å²) in [7, 11) is 2.16. The first-order chi connectivity index (χ1) is 17.6. The fourth-order valence-electron chi connectivity index (χ4n) is 4.53. The van der Waals surface area contributed by atoms with Crippen LogP contribution < -0.4 is 10.2 Å². The van der Waals surface area contributed by atoms with Gasteiger partial charge in [-0.05, 0) is 54.9 Å². The zero-order valence-corrected chi connectivity index (χ0v) is 20.5. The van der Waals surface area contributed by atoms with E-state index in [0.717, 1.165) is 71.4 Å². The molecule has 180 valence electrons. The van der Waals surface area contributed by atoms with Gasteiger partial charge in [0.2, 0.25) is 5.95 Å². The summed E-state index contributed by atoms with van der Waals surface area (Å²) in [6.07, 6.45) is 7.67. The van der Waals surface area contributed by atoms with Crippen molar-refractivity contribution in [1.82, 2.24) is 29.2 Å². The molecule has 0 atom stereocenters. The third-order valence-corrected chi connectivity index (χ3v) is 6.66. The second-order valence-corrected chi connectivity index (χ2v) is 9.20. The lowest BCUT2D eigenvalue weighted by molar-refractivity contribution is 0.312. The number of pyridine rings is 2. The van der Waals surface area contributed by atoms with E-state index in [2.05, 4.69) is 72.0 Å². The number of piperazine rings is 1. The molecule has 6 rings (SSSR count). The molecule has 0 radical (unpaired) electrons. The molecular formula is C28H28N8. The quantitative estimate of drug-likeness (QED) is 0.396. The fraction of sp³-hybridized carbons (Fsp3) is 0.214. The van der Waals surface area contributed by atoms with E-state index >= 15 is 0 Å².